The number of rotatable bonds is 7. The van der Waals surface area contributed by atoms with Crippen LogP contribution in [0.4, 0.5) is 5.69 Å². The lowest BCUT2D eigenvalue weighted by Gasteiger charge is -2.25. The summed E-state index contributed by atoms with van der Waals surface area (Å²) in [5, 5.41) is 0. The molecule has 0 heterocycles. The number of anilines is 1. The second-order valence-corrected chi connectivity index (χ2v) is 5.09. The van der Waals surface area contributed by atoms with Crippen molar-refractivity contribution in [3.8, 4) is 0 Å². The zero-order valence-electron chi connectivity index (χ0n) is 13.2. The van der Waals surface area contributed by atoms with E-state index in [1.165, 1.54) is 7.11 Å². The second-order valence-electron chi connectivity index (χ2n) is 5.09. The molecule has 0 fully saturated rings. The molecular formula is C16H24N2O3. The molecule has 0 aliphatic carbocycles. The maximum absolute atomic E-state index is 12.4. The summed E-state index contributed by atoms with van der Waals surface area (Å²) in [7, 11) is 3.20. The molecule has 0 bridgehead atoms. The van der Waals surface area contributed by atoms with Crippen LogP contribution in [0.1, 0.15) is 13.8 Å². The highest BCUT2D eigenvalue weighted by Gasteiger charge is 2.19. The first-order valence-electron chi connectivity index (χ1n) is 7.11. The number of para-hydroxylation sites is 1. The van der Waals surface area contributed by atoms with E-state index >= 15 is 0 Å². The van der Waals surface area contributed by atoms with Crippen LogP contribution < -0.4 is 4.90 Å². The van der Waals surface area contributed by atoms with E-state index in [9.17, 15) is 9.59 Å². The van der Waals surface area contributed by atoms with E-state index in [-0.39, 0.29) is 24.3 Å². The summed E-state index contributed by atoms with van der Waals surface area (Å²) in [6, 6.07) is 9.57. The first-order chi connectivity index (χ1) is 9.99. The number of methoxy groups -OCH3 is 1. The third-order valence-corrected chi connectivity index (χ3v) is 3.28. The molecule has 0 aliphatic rings. The number of benzene rings is 1. The van der Waals surface area contributed by atoms with Crippen LogP contribution in [0.15, 0.2) is 30.3 Å². The summed E-state index contributed by atoms with van der Waals surface area (Å²) in [6.45, 7) is 5.11. The van der Waals surface area contributed by atoms with E-state index in [1.807, 2.05) is 49.2 Å². The average molecular weight is 292 g/mol. The number of esters is 1. The molecule has 0 saturated heterocycles. The molecule has 5 heteroatoms. The molecule has 0 saturated carbocycles. The zero-order valence-corrected chi connectivity index (χ0v) is 13.2. The molecule has 1 amide bonds. The maximum atomic E-state index is 12.4. The lowest BCUT2D eigenvalue weighted by atomic mass is 10.2. The fraction of sp³-hybridized carbons (Fsp3) is 0.500. The summed E-state index contributed by atoms with van der Waals surface area (Å²) >= 11 is 0. The van der Waals surface area contributed by atoms with Crippen LogP contribution >= 0.6 is 0 Å². The zero-order chi connectivity index (χ0) is 15.8. The fourth-order valence-corrected chi connectivity index (χ4v) is 2.23. The molecule has 1 unspecified atom stereocenters. The van der Waals surface area contributed by atoms with Gasteiger partial charge in [0.1, 0.15) is 0 Å². The van der Waals surface area contributed by atoms with Gasteiger partial charge in [0.15, 0.2) is 0 Å². The Hall–Kier alpha value is -1.88. The minimum absolute atomic E-state index is 0.0169. The topological polar surface area (TPSA) is 49.9 Å². The van der Waals surface area contributed by atoms with Crippen molar-refractivity contribution in [1.82, 2.24) is 4.90 Å². The molecule has 0 aromatic heterocycles. The normalized spacial score (nSPS) is 12.0. The van der Waals surface area contributed by atoms with Gasteiger partial charge in [-0.05, 0) is 26.1 Å². The van der Waals surface area contributed by atoms with E-state index < -0.39 is 0 Å². The van der Waals surface area contributed by atoms with Gasteiger partial charge in [-0.25, -0.2) is 0 Å². The molecule has 0 spiro atoms. The van der Waals surface area contributed by atoms with Crippen molar-refractivity contribution in [2.45, 2.75) is 13.8 Å². The quantitative estimate of drug-likeness (QED) is 0.719. The van der Waals surface area contributed by atoms with Crippen LogP contribution in [0.2, 0.25) is 0 Å². The van der Waals surface area contributed by atoms with Crippen molar-refractivity contribution < 1.29 is 14.3 Å². The number of carbonyl (C=O) groups excluding carboxylic acids is 2. The average Bonchev–Trinajstić information content (AvgIpc) is 2.47. The van der Waals surface area contributed by atoms with Gasteiger partial charge < -0.3 is 9.64 Å². The monoisotopic (exact) mass is 292 g/mol. The van der Waals surface area contributed by atoms with Gasteiger partial charge in [0.05, 0.1) is 19.6 Å². The van der Waals surface area contributed by atoms with E-state index in [2.05, 4.69) is 0 Å². The maximum Gasteiger partial charge on any atom is 0.309 e. The van der Waals surface area contributed by atoms with Gasteiger partial charge in [0, 0.05) is 18.8 Å². The fourth-order valence-electron chi connectivity index (χ4n) is 2.23. The third-order valence-electron chi connectivity index (χ3n) is 3.28. The Labute approximate surface area is 126 Å². The molecule has 0 aliphatic heterocycles. The van der Waals surface area contributed by atoms with Gasteiger partial charge in [0.25, 0.3) is 0 Å². The molecule has 116 valence electrons. The smallest absolute Gasteiger partial charge is 0.309 e. The Morgan fingerprint density at radius 2 is 1.86 bits per heavy atom. The van der Waals surface area contributed by atoms with Crippen molar-refractivity contribution in [3.63, 3.8) is 0 Å². The molecule has 1 rings (SSSR count). The standard InChI is InChI=1S/C16H24N2O3/c1-5-18(14-9-7-6-8-10-14)15(19)12-17(3)11-13(2)16(20)21-4/h6-10,13H,5,11-12H2,1-4H3. The summed E-state index contributed by atoms with van der Waals surface area (Å²) in [6.07, 6.45) is 0. The minimum atomic E-state index is -0.260. The van der Waals surface area contributed by atoms with Crippen molar-refractivity contribution in [2.75, 3.05) is 38.7 Å². The van der Waals surface area contributed by atoms with Crippen LogP contribution in [-0.2, 0) is 14.3 Å². The number of carbonyl (C=O) groups is 2. The van der Waals surface area contributed by atoms with Crippen LogP contribution in [0, 0.1) is 5.92 Å². The van der Waals surface area contributed by atoms with Crippen LogP contribution in [0.5, 0.6) is 0 Å². The molecule has 21 heavy (non-hydrogen) atoms. The predicted octanol–water partition coefficient (Wildman–Crippen LogP) is 1.78. The summed E-state index contributed by atoms with van der Waals surface area (Å²) in [5.41, 5.74) is 0.888. The Morgan fingerprint density at radius 1 is 1.24 bits per heavy atom. The van der Waals surface area contributed by atoms with Crippen molar-refractivity contribution in [1.29, 1.82) is 0 Å². The van der Waals surface area contributed by atoms with E-state index in [1.54, 1.807) is 11.8 Å². The third kappa shape index (κ3) is 5.19. The Balaban J connectivity index is 2.60. The molecule has 5 nitrogen and oxygen atoms in total. The van der Waals surface area contributed by atoms with Crippen LogP contribution in [-0.4, -0.2) is 50.6 Å². The molecule has 1 aromatic carbocycles. The summed E-state index contributed by atoms with van der Waals surface area (Å²) < 4.78 is 4.69. The number of likely N-dealkylation sites (N-methyl/N-ethyl adjacent to an activating group) is 2. The minimum Gasteiger partial charge on any atom is -0.469 e. The number of ether oxygens (including phenoxy) is 1. The molecule has 0 radical (unpaired) electrons. The Kier molecular flexibility index (Phi) is 6.88. The summed E-state index contributed by atoms with van der Waals surface area (Å²) in [4.78, 5) is 27.4. The lowest BCUT2D eigenvalue weighted by molar-refractivity contribution is -0.145. The first-order valence-corrected chi connectivity index (χ1v) is 7.11. The van der Waals surface area contributed by atoms with Gasteiger partial charge >= 0.3 is 5.97 Å². The number of hydrogen-bond acceptors (Lipinski definition) is 4. The highest BCUT2D eigenvalue weighted by atomic mass is 16.5. The summed E-state index contributed by atoms with van der Waals surface area (Å²) in [5.74, 6) is -0.493. The number of hydrogen-bond donors (Lipinski definition) is 0. The van der Waals surface area contributed by atoms with Crippen molar-refractivity contribution >= 4 is 17.6 Å². The van der Waals surface area contributed by atoms with E-state index in [0.29, 0.717) is 13.1 Å². The van der Waals surface area contributed by atoms with Gasteiger partial charge in [-0.1, -0.05) is 25.1 Å². The van der Waals surface area contributed by atoms with E-state index in [4.69, 9.17) is 4.74 Å². The highest BCUT2D eigenvalue weighted by Crippen LogP contribution is 2.13. The van der Waals surface area contributed by atoms with Crippen molar-refractivity contribution in [3.05, 3.63) is 30.3 Å². The second kappa shape index (κ2) is 8.42. The first kappa shape index (κ1) is 17.2. The SMILES string of the molecule is CCN(C(=O)CN(C)CC(C)C(=O)OC)c1ccccc1. The van der Waals surface area contributed by atoms with Gasteiger partial charge in [0.2, 0.25) is 5.91 Å². The van der Waals surface area contributed by atoms with Gasteiger partial charge in [-0.2, -0.15) is 0 Å². The number of amides is 1. The van der Waals surface area contributed by atoms with Gasteiger partial charge in [-0.3, -0.25) is 14.5 Å². The Morgan fingerprint density at radius 3 is 2.38 bits per heavy atom. The Bertz CT molecular complexity index is 462. The van der Waals surface area contributed by atoms with Gasteiger partial charge in [-0.15, -0.1) is 0 Å². The highest BCUT2D eigenvalue weighted by molar-refractivity contribution is 5.94. The predicted molar refractivity (Wildman–Crippen MR) is 83.1 cm³/mol. The van der Waals surface area contributed by atoms with Crippen LogP contribution in [0.25, 0.3) is 0 Å². The van der Waals surface area contributed by atoms with Crippen LogP contribution in [0.3, 0.4) is 0 Å². The lowest BCUT2D eigenvalue weighted by Crippen LogP contribution is -2.41. The van der Waals surface area contributed by atoms with E-state index in [0.717, 1.165) is 5.69 Å². The molecular weight excluding hydrogens is 268 g/mol. The molecule has 0 N–H and O–H groups in total. The largest absolute Gasteiger partial charge is 0.469 e. The molecule has 1 atom stereocenters. The molecule has 1 aromatic rings. The van der Waals surface area contributed by atoms with Crippen molar-refractivity contribution in [2.24, 2.45) is 5.92 Å². The number of nitrogens with zero attached hydrogens (tertiary/aromatic N) is 2.